The zero-order valence-electron chi connectivity index (χ0n) is 11.7. The fourth-order valence-electron chi connectivity index (χ4n) is 2.66. The molecule has 0 saturated carbocycles. The molecule has 0 aromatic heterocycles. The van der Waals surface area contributed by atoms with Crippen molar-refractivity contribution in [3.05, 3.63) is 28.8 Å². The van der Waals surface area contributed by atoms with E-state index in [0.29, 0.717) is 10.9 Å². The number of piperidine rings is 1. The smallest absolute Gasteiger partial charge is 0.216 e. The summed E-state index contributed by atoms with van der Waals surface area (Å²) in [5.74, 6) is 0.577. The van der Waals surface area contributed by atoms with Crippen LogP contribution in [0.3, 0.4) is 0 Å². The minimum absolute atomic E-state index is 0.00170. The average molecular weight is 297 g/mol. The number of amides is 1. The Kier molecular flexibility index (Phi) is 5.26. The molecular formula is C15H21ClN2O2. The maximum atomic E-state index is 10.9. The van der Waals surface area contributed by atoms with Crippen molar-refractivity contribution in [2.45, 2.75) is 26.4 Å². The first-order valence-electron chi connectivity index (χ1n) is 6.99. The Balaban J connectivity index is 1.95. The lowest BCUT2D eigenvalue weighted by Crippen LogP contribution is -2.38. The van der Waals surface area contributed by atoms with Gasteiger partial charge in [0.15, 0.2) is 0 Å². The van der Waals surface area contributed by atoms with Gasteiger partial charge in [-0.2, -0.15) is 0 Å². The molecule has 0 unspecified atom stereocenters. The maximum Gasteiger partial charge on any atom is 0.216 e. The second kappa shape index (κ2) is 6.95. The molecule has 0 spiro atoms. The molecule has 1 saturated heterocycles. The average Bonchev–Trinajstić information content (AvgIpc) is 2.45. The molecule has 1 aliphatic rings. The molecule has 20 heavy (non-hydrogen) atoms. The topological polar surface area (TPSA) is 52.6 Å². The molecule has 0 aliphatic carbocycles. The molecule has 2 rings (SSSR count). The number of hydrogen-bond donors (Lipinski definition) is 2. The fourth-order valence-corrected chi connectivity index (χ4v) is 2.85. The molecule has 1 aromatic carbocycles. The van der Waals surface area contributed by atoms with Gasteiger partial charge in [0.05, 0.1) is 6.61 Å². The van der Waals surface area contributed by atoms with E-state index in [1.165, 1.54) is 0 Å². The summed E-state index contributed by atoms with van der Waals surface area (Å²) in [5.41, 5.74) is 1.94. The van der Waals surface area contributed by atoms with Crippen molar-refractivity contribution in [2.75, 3.05) is 24.5 Å². The molecule has 110 valence electrons. The van der Waals surface area contributed by atoms with Crippen molar-refractivity contribution < 1.29 is 9.90 Å². The first kappa shape index (κ1) is 15.1. The number of aliphatic hydroxyl groups excluding tert-OH is 1. The highest BCUT2D eigenvalue weighted by atomic mass is 35.5. The van der Waals surface area contributed by atoms with Crippen molar-refractivity contribution in [1.29, 1.82) is 0 Å². The van der Waals surface area contributed by atoms with Crippen LogP contribution in [-0.2, 0) is 11.4 Å². The van der Waals surface area contributed by atoms with Crippen molar-refractivity contribution >= 4 is 23.2 Å². The SMILES string of the molecule is CC(=O)NCC1CCN(c2ccc(Cl)cc2CO)CC1. The number of carbonyl (C=O) groups is 1. The van der Waals surface area contributed by atoms with Crippen LogP contribution in [0.25, 0.3) is 0 Å². The third-order valence-corrected chi connectivity index (χ3v) is 4.04. The molecule has 4 nitrogen and oxygen atoms in total. The summed E-state index contributed by atoms with van der Waals surface area (Å²) in [5, 5.41) is 13.0. The fraction of sp³-hybridized carbons (Fsp3) is 0.533. The second-order valence-electron chi connectivity index (χ2n) is 5.30. The molecule has 1 heterocycles. The number of anilines is 1. The highest BCUT2D eigenvalue weighted by molar-refractivity contribution is 6.30. The van der Waals surface area contributed by atoms with Gasteiger partial charge >= 0.3 is 0 Å². The Morgan fingerprint density at radius 2 is 2.15 bits per heavy atom. The molecular weight excluding hydrogens is 276 g/mol. The largest absolute Gasteiger partial charge is 0.392 e. The van der Waals surface area contributed by atoms with Crippen molar-refractivity contribution in [1.82, 2.24) is 5.32 Å². The third-order valence-electron chi connectivity index (χ3n) is 3.81. The van der Waals surface area contributed by atoms with Gasteiger partial charge in [0.2, 0.25) is 5.91 Å². The number of benzene rings is 1. The van der Waals surface area contributed by atoms with E-state index in [1.807, 2.05) is 18.2 Å². The zero-order chi connectivity index (χ0) is 14.5. The maximum absolute atomic E-state index is 10.9. The number of nitrogens with zero attached hydrogens (tertiary/aromatic N) is 1. The summed E-state index contributed by atoms with van der Waals surface area (Å²) in [7, 11) is 0. The highest BCUT2D eigenvalue weighted by Crippen LogP contribution is 2.28. The van der Waals surface area contributed by atoms with E-state index < -0.39 is 0 Å². The van der Waals surface area contributed by atoms with Crippen LogP contribution in [0, 0.1) is 5.92 Å². The van der Waals surface area contributed by atoms with Gasteiger partial charge < -0.3 is 15.3 Å². The quantitative estimate of drug-likeness (QED) is 0.895. The summed E-state index contributed by atoms with van der Waals surface area (Å²) >= 11 is 5.96. The number of hydrogen-bond acceptors (Lipinski definition) is 3. The Morgan fingerprint density at radius 1 is 1.45 bits per heavy atom. The van der Waals surface area contributed by atoms with Gasteiger partial charge in [-0.25, -0.2) is 0 Å². The summed E-state index contributed by atoms with van der Waals surface area (Å²) in [4.78, 5) is 13.2. The minimum Gasteiger partial charge on any atom is -0.392 e. The van der Waals surface area contributed by atoms with Gasteiger partial charge in [-0.1, -0.05) is 11.6 Å². The first-order valence-corrected chi connectivity index (χ1v) is 7.36. The standard InChI is InChI=1S/C15H21ClN2O2/c1-11(20)17-9-12-4-6-18(7-5-12)15-3-2-14(16)8-13(15)10-19/h2-3,8,12,19H,4-7,9-10H2,1H3,(H,17,20). The van der Waals surface area contributed by atoms with E-state index in [1.54, 1.807) is 6.92 Å². The van der Waals surface area contributed by atoms with Gasteiger partial charge in [0, 0.05) is 42.8 Å². The Morgan fingerprint density at radius 3 is 2.75 bits per heavy atom. The molecule has 1 fully saturated rings. The normalized spacial score (nSPS) is 16.2. The molecule has 0 atom stereocenters. The van der Waals surface area contributed by atoms with Crippen LogP contribution in [0.1, 0.15) is 25.3 Å². The second-order valence-corrected chi connectivity index (χ2v) is 5.74. The Bertz CT molecular complexity index is 471. The summed E-state index contributed by atoms with van der Waals surface area (Å²) in [6.07, 6.45) is 2.10. The Labute approximate surface area is 124 Å². The van der Waals surface area contributed by atoms with E-state index in [4.69, 9.17) is 11.6 Å². The lowest BCUT2D eigenvalue weighted by atomic mass is 9.96. The van der Waals surface area contributed by atoms with Crippen LogP contribution in [0.5, 0.6) is 0 Å². The van der Waals surface area contributed by atoms with E-state index in [2.05, 4.69) is 10.2 Å². The number of nitrogens with one attached hydrogen (secondary N) is 1. The van der Waals surface area contributed by atoms with E-state index >= 15 is 0 Å². The van der Waals surface area contributed by atoms with Crippen LogP contribution < -0.4 is 10.2 Å². The van der Waals surface area contributed by atoms with Crippen LogP contribution in [-0.4, -0.2) is 30.6 Å². The van der Waals surface area contributed by atoms with Crippen molar-refractivity contribution in [3.8, 4) is 0 Å². The summed E-state index contributed by atoms with van der Waals surface area (Å²) in [6, 6.07) is 5.65. The highest BCUT2D eigenvalue weighted by Gasteiger charge is 2.21. The zero-order valence-corrected chi connectivity index (χ0v) is 12.5. The molecule has 0 radical (unpaired) electrons. The predicted octanol–water partition coefficient (Wildman–Crippen LogP) is 2.18. The number of rotatable bonds is 4. The van der Waals surface area contributed by atoms with Crippen LogP contribution in [0.15, 0.2) is 18.2 Å². The predicted molar refractivity (Wildman–Crippen MR) is 81.0 cm³/mol. The number of halogens is 1. The van der Waals surface area contributed by atoms with Gasteiger partial charge in [0.1, 0.15) is 0 Å². The third kappa shape index (κ3) is 3.87. The van der Waals surface area contributed by atoms with E-state index in [9.17, 15) is 9.90 Å². The number of aliphatic hydroxyl groups is 1. The van der Waals surface area contributed by atoms with Crippen molar-refractivity contribution in [3.63, 3.8) is 0 Å². The lowest BCUT2D eigenvalue weighted by molar-refractivity contribution is -0.119. The van der Waals surface area contributed by atoms with Gasteiger partial charge in [-0.3, -0.25) is 4.79 Å². The molecule has 1 aromatic rings. The molecule has 1 amide bonds. The van der Waals surface area contributed by atoms with Crippen LogP contribution in [0.4, 0.5) is 5.69 Å². The van der Waals surface area contributed by atoms with Gasteiger partial charge in [0.25, 0.3) is 0 Å². The summed E-state index contributed by atoms with van der Waals surface area (Å²) < 4.78 is 0. The van der Waals surface area contributed by atoms with E-state index in [-0.39, 0.29) is 12.5 Å². The Hall–Kier alpha value is -1.26. The van der Waals surface area contributed by atoms with E-state index in [0.717, 1.165) is 43.7 Å². The van der Waals surface area contributed by atoms with Crippen LogP contribution in [0.2, 0.25) is 5.02 Å². The monoisotopic (exact) mass is 296 g/mol. The summed E-state index contributed by atoms with van der Waals surface area (Å²) in [6.45, 7) is 4.20. The first-order chi connectivity index (χ1) is 9.60. The number of carbonyl (C=O) groups excluding carboxylic acids is 1. The lowest BCUT2D eigenvalue weighted by Gasteiger charge is -2.34. The van der Waals surface area contributed by atoms with Crippen molar-refractivity contribution in [2.24, 2.45) is 5.92 Å². The van der Waals surface area contributed by atoms with Gasteiger partial charge in [-0.15, -0.1) is 0 Å². The van der Waals surface area contributed by atoms with Gasteiger partial charge in [-0.05, 0) is 37.0 Å². The molecule has 1 aliphatic heterocycles. The molecule has 5 heteroatoms. The minimum atomic E-state index is 0.00170. The molecule has 0 bridgehead atoms. The van der Waals surface area contributed by atoms with Crippen LogP contribution >= 0.6 is 11.6 Å². The molecule has 2 N–H and O–H groups in total.